The van der Waals surface area contributed by atoms with Gasteiger partial charge in [0.25, 0.3) is 0 Å². The molecule has 2 aromatic heterocycles. The van der Waals surface area contributed by atoms with E-state index in [0.717, 1.165) is 12.1 Å². The van der Waals surface area contributed by atoms with Crippen LogP contribution in [0.1, 0.15) is 11.4 Å². The van der Waals surface area contributed by atoms with Crippen molar-refractivity contribution in [2.24, 2.45) is 0 Å². The van der Waals surface area contributed by atoms with E-state index in [1.807, 2.05) is 0 Å². The lowest BCUT2D eigenvalue weighted by atomic mass is 10.1. The van der Waals surface area contributed by atoms with Gasteiger partial charge in [-0.05, 0) is 37.3 Å². The molecular formula is C15H8ClF6N3. The molecule has 0 atom stereocenters. The van der Waals surface area contributed by atoms with Crippen LogP contribution in [-0.4, -0.2) is 20.8 Å². The van der Waals surface area contributed by atoms with Crippen LogP contribution >= 0.6 is 11.6 Å². The van der Waals surface area contributed by atoms with Crippen molar-refractivity contribution < 1.29 is 26.3 Å². The highest BCUT2D eigenvalue weighted by atomic mass is 35.5. The molecule has 10 heteroatoms. The van der Waals surface area contributed by atoms with Gasteiger partial charge < -0.3 is 0 Å². The number of rotatable bonds is 2. The predicted octanol–water partition coefficient (Wildman–Crippen LogP) is 5.15. The summed E-state index contributed by atoms with van der Waals surface area (Å²) in [6.07, 6.45) is -5.84. The number of fused-ring (bicyclic) bond motifs is 1. The lowest BCUT2D eigenvalue weighted by Gasteiger charge is -2.21. The molecule has 0 N–H and O–H groups in total. The van der Waals surface area contributed by atoms with E-state index in [-0.39, 0.29) is 27.6 Å². The maximum absolute atomic E-state index is 14.0. The van der Waals surface area contributed by atoms with Crippen molar-refractivity contribution in [1.29, 1.82) is 0 Å². The Labute approximate surface area is 141 Å². The molecule has 0 saturated carbocycles. The summed E-state index contributed by atoms with van der Waals surface area (Å²) in [5.74, 6) is -5.78. The number of aryl methyl sites for hydroxylation is 1. The average molecular weight is 380 g/mol. The van der Waals surface area contributed by atoms with Crippen molar-refractivity contribution >= 4 is 17.2 Å². The van der Waals surface area contributed by atoms with Crippen LogP contribution in [0.2, 0.25) is 5.02 Å². The molecule has 25 heavy (non-hydrogen) atoms. The zero-order valence-electron chi connectivity index (χ0n) is 12.4. The van der Waals surface area contributed by atoms with Crippen LogP contribution in [-0.2, 0) is 5.92 Å². The molecule has 0 aliphatic heterocycles. The first kappa shape index (κ1) is 17.5. The quantitative estimate of drug-likeness (QED) is 0.576. The second-order valence-electron chi connectivity index (χ2n) is 5.24. The number of hydrogen-bond acceptors (Lipinski definition) is 2. The van der Waals surface area contributed by atoms with Gasteiger partial charge >= 0.3 is 12.1 Å². The minimum absolute atomic E-state index is 0.0460. The molecule has 132 valence electrons. The third-order valence-electron chi connectivity index (χ3n) is 3.51. The Kier molecular flexibility index (Phi) is 3.94. The molecule has 0 amide bonds. The summed E-state index contributed by atoms with van der Waals surface area (Å²) in [6.45, 7) is 1.35. The number of hydrogen-bond donors (Lipinski definition) is 0. The van der Waals surface area contributed by atoms with Crippen LogP contribution in [0.3, 0.4) is 0 Å². The molecule has 0 unspecified atom stereocenters. The summed E-state index contributed by atoms with van der Waals surface area (Å²) in [7, 11) is 0. The molecular weight excluding hydrogens is 372 g/mol. The van der Waals surface area contributed by atoms with Crippen LogP contribution in [0, 0.1) is 12.7 Å². The Hall–Kier alpha value is -2.29. The first-order chi connectivity index (χ1) is 11.5. The van der Waals surface area contributed by atoms with Gasteiger partial charge in [-0.2, -0.15) is 27.1 Å². The summed E-state index contributed by atoms with van der Waals surface area (Å²) in [5, 5.41) is 3.47. The van der Waals surface area contributed by atoms with Gasteiger partial charge in [0.2, 0.25) is 0 Å². The minimum atomic E-state index is -5.84. The van der Waals surface area contributed by atoms with Crippen molar-refractivity contribution in [2.45, 2.75) is 19.0 Å². The molecule has 0 spiro atoms. The average Bonchev–Trinajstić information content (AvgIpc) is 2.81. The topological polar surface area (TPSA) is 30.2 Å². The third-order valence-corrected chi connectivity index (χ3v) is 3.95. The molecule has 3 rings (SSSR count). The first-order valence-electron chi connectivity index (χ1n) is 6.79. The van der Waals surface area contributed by atoms with E-state index in [0.29, 0.717) is 10.6 Å². The van der Waals surface area contributed by atoms with Crippen LogP contribution in [0.15, 0.2) is 30.3 Å². The van der Waals surface area contributed by atoms with Crippen molar-refractivity contribution in [3.8, 4) is 11.3 Å². The number of benzene rings is 1. The molecule has 0 radical (unpaired) electrons. The van der Waals surface area contributed by atoms with E-state index >= 15 is 0 Å². The summed E-state index contributed by atoms with van der Waals surface area (Å²) >= 11 is 5.93. The van der Waals surface area contributed by atoms with Crippen molar-refractivity contribution in [2.75, 3.05) is 0 Å². The summed E-state index contributed by atoms with van der Waals surface area (Å²) < 4.78 is 79.9. The summed E-state index contributed by atoms with van der Waals surface area (Å²) in [4.78, 5) is 4.00. The molecule has 0 aliphatic rings. The Bertz CT molecular complexity index is 947. The normalized spacial score (nSPS) is 12.8. The molecule has 0 fully saturated rings. The van der Waals surface area contributed by atoms with Gasteiger partial charge in [-0.3, -0.25) is 0 Å². The first-order valence-corrected chi connectivity index (χ1v) is 7.17. The van der Waals surface area contributed by atoms with E-state index < -0.39 is 23.6 Å². The molecule has 3 nitrogen and oxygen atoms in total. The number of aromatic nitrogens is 3. The monoisotopic (exact) mass is 379 g/mol. The second kappa shape index (κ2) is 5.62. The van der Waals surface area contributed by atoms with E-state index in [1.54, 1.807) is 0 Å². The van der Waals surface area contributed by atoms with Gasteiger partial charge in [-0.25, -0.2) is 13.9 Å². The Morgan fingerprint density at radius 1 is 1.04 bits per heavy atom. The van der Waals surface area contributed by atoms with E-state index in [4.69, 9.17) is 11.6 Å². The SMILES string of the molecule is Cc1nn2c(C(F)(F)C(F)(F)F)cc(-c3ccc(F)cc3)nc2c1Cl. The fourth-order valence-electron chi connectivity index (χ4n) is 2.23. The molecule has 0 aliphatic carbocycles. The lowest BCUT2D eigenvalue weighted by Crippen LogP contribution is -2.35. The number of alkyl halides is 5. The maximum Gasteiger partial charge on any atom is 0.459 e. The zero-order chi connectivity index (χ0) is 18.6. The van der Waals surface area contributed by atoms with Gasteiger partial charge in [-0.15, -0.1) is 0 Å². The van der Waals surface area contributed by atoms with Crippen LogP contribution in [0.25, 0.3) is 16.9 Å². The number of halogens is 7. The zero-order valence-corrected chi connectivity index (χ0v) is 13.1. The Balaban J connectivity index is 2.35. The van der Waals surface area contributed by atoms with E-state index in [9.17, 15) is 26.3 Å². The summed E-state index contributed by atoms with van der Waals surface area (Å²) in [6, 6.07) is 5.05. The second-order valence-corrected chi connectivity index (χ2v) is 5.62. The van der Waals surface area contributed by atoms with Gasteiger partial charge in [-0.1, -0.05) is 11.6 Å². The Morgan fingerprint density at radius 2 is 1.64 bits per heavy atom. The van der Waals surface area contributed by atoms with E-state index in [1.165, 1.54) is 19.1 Å². The van der Waals surface area contributed by atoms with Gasteiger partial charge in [0, 0.05) is 5.56 Å². The van der Waals surface area contributed by atoms with Crippen molar-refractivity contribution in [3.63, 3.8) is 0 Å². The molecule has 0 saturated heterocycles. The van der Waals surface area contributed by atoms with Crippen molar-refractivity contribution in [3.05, 3.63) is 52.6 Å². The standard InChI is InChI=1S/C15H8ClF6N3/c1-7-12(16)13-23-10(8-2-4-9(17)5-3-8)6-11(25(13)24-7)14(18,19)15(20,21)22/h2-6H,1H3. The van der Waals surface area contributed by atoms with Crippen LogP contribution in [0.4, 0.5) is 26.3 Å². The number of nitrogens with zero attached hydrogens (tertiary/aromatic N) is 3. The lowest BCUT2D eigenvalue weighted by molar-refractivity contribution is -0.291. The van der Waals surface area contributed by atoms with Gasteiger partial charge in [0.15, 0.2) is 5.65 Å². The highest BCUT2D eigenvalue weighted by molar-refractivity contribution is 6.34. The molecule has 1 aromatic carbocycles. The fraction of sp³-hybridized carbons (Fsp3) is 0.200. The molecule has 0 bridgehead atoms. The minimum Gasteiger partial charge on any atom is -0.227 e. The van der Waals surface area contributed by atoms with Gasteiger partial charge in [0.1, 0.15) is 16.5 Å². The largest absolute Gasteiger partial charge is 0.459 e. The van der Waals surface area contributed by atoms with E-state index in [2.05, 4.69) is 10.1 Å². The summed E-state index contributed by atoms with van der Waals surface area (Å²) in [5.41, 5.74) is -1.80. The van der Waals surface area contributed by atoms with Crippen LogP contribution < -0.4 is 0 Å². The highest BCUT2D eigenvalue weighted by Crippen LogP contribution is 2.45. The Morgan fingerprint density at radius 3 is 2.20 bits per heavy atom. The predicted molar refractivity (Wildman–Crippen MR) is 78.1 cm³/mol. The van der Waals surface area contributed by atoms with Gasteiger partial charge in [0.05, 0.1) is 11.4 Å². The molecule has 3 aromatic rings. The smallest absolute Gasteiger partial charge is 0.227 e. The highest BCUT2D eigenvalue weighted by Gasteiger charge is 2.60. The maximum atomic E-state index is 14.0. The third kappa shape index (κ3) is 2.82. The van der Waals surface area contributed by atoms with Crippen LogP contribution in [0.5, 0.6) is 0 Å². The van der Waals surface area contributed by atoms with Crippen molar-refractivity contribution in [1.82, 2.24) is 14.6 Å². The molecule has 2 heterocycles. The fourth-order valence-corrected chi connectivity index (χ4v) is 2.39.